The van der Waals surface area contributed by atoms with Crippen molar-refractivity contribution in [3.8, 4) is 0 Å². The lowest BCUT2D eigenvalue weighted by molar-refractivity contribution is 0.102. The Bertz CT molecular complexity index is 653. The molecule has 0 saturated carbocycles. The van der Waals surface area contributed by atoms with Crippen molar-refractivity contribution in [3.63, 3.8) is 0 Å². The van der Waals surface area contributed by atoms with E-state index in [4.69, 9.17) is 0 Å². The van der Waals surface area contributed by atoms with Crippen molar-refractivity contribution < 1.29 is 4.79 Å². The van der Waals surface area contributed by atoms with Gasteiger partial charge in [0.1, 0.15) is 0 Å². The number of likely N-dealkylation sites (N-methyl/N-ethyl adjacent to an activating group) is 1. The van der Waals surface area contributed by atoms with Crippen LogP contribution in [0.25, 0.3) is 0 Å². The number of nitrogens with zero attached hydrogens (tertiary/aromatic N) is 2. The van der Waals surface area contributed by atoms with Gasteiger partial charge in [-0.25, -0.2) is 4.98 Å². The Kier molecular flexibility index (Phi) is 4.56. The van der Waals surface area contributed by atoms with E-state index in [0.717, 1.165) is 35.3 Å². The van der Waals surface area contributed by atoms with Gasteiger partial charge in [0.15, 0.2) is 5.13 Å². The molecule has 0 unspecified atom stereocenters. The minimum absolute atomic E-state index is 0.0927. The number of halogens is 1. The molecule has 1 aromatic carbocycles. The summed E-state index contributed by atoms with van der Waals surface area (Å²) in [5, 5.41) is 3.62. The number of hydrogen-bond acceptors (Lipinski definition) is 4. The number of carbonyl (C=O) groups is 1. The van der Waals surface area contributed by atoms with Crippen LogP contribution < -0.4 is 5.32 Å². The topological polar surface area (TPSA) is 45.2 Å². The van der Waals surface area contributed by atoms with E-state index in [9.17, 15) is 4.79 Å². The highest BCUT2D eigenvalue weighted by Gasteiger charge is 2.20. The van der Waals surface area contributed by atoms with Gasteiger partial charge in [-0.3, -0.25) is 15.0 Å². The summed E-state index contributed by atoms with van der Waals surface area (Å²) in [6.45, 7) is 5.23. The van der Waals surface area contributed by atoms with Crippen LogP contribution in [0.15, 0.2) is 24.3 Å². The number of carbonyl (C=O) groups excluding carboxylic acids is 1. The molecule has 1 aromatic heterocycles. The lowest BCUT2D eigenvalue weighted by atomic mass is 10.2. The van der Waals surface area contributed by atoms with Crippen molar-refractivity contribution in [1.82, 2.24) is 9.88 Å². The Balaban J connectivity index is 1.72. The molecule has 21 heavy (non-hydrogen) atoms. The van der Waals surface area contributed by atoms with E-state index in [1.807, 2.05) is 24.3 Å². The fourth-order valence-electron chi connectivity index (χ4n) is 2.34. The van der Waals surface area contributed by atoms with Gasteiger partial charge in [0.2, 0.25) is 0 Å². The van der Waals surface area contributed by atoms with E-state index in [1.54, 1.807) is 11.3 Å². The molecule has 2 aromatic rings. The first-order valence-corrected chi connectivity index (χ1v) is 8.83. The Morgan fingerprint density at radius 2 is 2.19 bits per heavy atom. The molecule has 4 nitrogen and oxygen atoms in total. The number of anilines is 1. The molecule has 6 heteroatoms. The van der Waals surface area contributed by atoms with Crippen LogP contribution in [-0.4, -0.2) is 28.9 Å². The molecule has 1 N–H and O–H groups in total. The molecule has 1 aliphatic heterocycles. The van der Waals surface area contributed by atoms with Gasteiger partial charge in [-0.2, -0.15) is 0 Å². The zero-order valence-corrected chi connectivity index (χ0v) is 14.7. The lowest BCUT2D eigenvalue weighted by Gasteiger charge is -2.23. The number of fused-ring (bicyclic) bond motifs is 1. The van der Waals surface area contributed by atoms with Crippen molar-refractivity contribution in [3.05, 3.63) is 44.0 Å². The first kappa shape index (κ1) is 14.9. The molecule has 0 aliphatic carbocycles. The van der Waals surface area contributed by atoms with Crippen LogP contribution in [0, 0.1) is 3.57 Å². The van der Waals surface area contributed by atoms with Crippen LogP contribution >= 0.6 is 33.9 Å². The number of nitrogens with one attached hydrogen (secondary N) is 1. The average molecular weight is 413 g/mol. The molecule has 2 heterocycles. The molecule has 0 fully saturated rings. The van der Waals surface area contributed by atoms with Crippen LogP contribution in [-0.2, 0) is 13.0 Å². The van der Waals surface area contributed by atoms with Gasteiger partial charge in [0.05, 0.1) is 5.69 Å². The maximum atomic E-state index is 12.2. The summed E-state index contributed by atoms with van der Waals surface area (Å²) < 4.78 is 1.12. The van der Waals surface area contributed by atoms with Crippen molar-refractivity contribution in [2.24, 2.45) is 0 Å². The lowest BCUT2D eigenvalue weighted by Crippen LogP contribution is -2.29. The average Bonchev–Trinajstić information content (AvgIpc) is 2.88. The molecule has 110 valence electrons. The number of amides is 1. The zero-order chi connectivity index (χ0) is 14.8. The molecule has 1 amide bonds. The standard InChI is InChI=1S/C15H16IN3OS/c1-2-19-8-7-12-13(9-19)21-15(17-12)18-14(20)10-3-5-11(16)6-4-10/h3-6H,2,7-9H2,1H3,(H,17,18,20). The summed E-state index contributed by atoms with van der Waals surface area (Å²) in [6.07, 6.45) is 0.971. The highest BCUT2D eigenvalue weighted by Crippen LogP contribution is 2.28. The second-order valence-corrected chi connectivity index (χ2v) is 7.30. The molecule has 0 saturated heterocycles. The first-order valence-electron chi connectivity index (χ1n) is 6.93. The Hall–Kier alpha value is -0.990. The third kappa shape index (κ3) is 3.44. The maximum Gasteiger partial charge on any atom is 0.257 e. The van der Waals surface area contributed by atoms with Gasteiger partial charge in [0.25, 0.3) is 5.91 Å². The summed E-state index contributed by atoms with van der Waals surface area (Å²) in [7, 11) is 0. The number of hydrogen-bond donors (Lipinski definition) is 1. The van der Waals surface area contributed by atoms with E-state index < -0.39 is 0 Å². The van der Waals surface area contributed by atoms with Gasteiger partial charge in [0, 0.05) is 33.5 Å². The quantitative estimate of drug-likeness (QED) is 0.785. The molecule has 1 aliphatic rings. The normalized spacial score (nSPS) is 14.8. The predicted octanol–water partition coefficient (Wildman–Crippen LogP) is 3.38. The monoisotopic (exact) mass is 413 g/mol. The molecule has 0 radical (unpaired) electrons. The van der Waals surface area contributed by atoms with Gasteiger partial charge < -0.3 is 0 Å². The van der Waals surface area contributed by atoms with Gasteiger partial charge in [-0.05, 0) is 53.4 Å². The fourth-order valence-corrected chi connectivity index (χ4v) is 3.75. The van der Waals surface area contributed by atoms with Gasteiger partial charge in [-0.1, -0.05) is 6.92 Å². The number of rotatable bonds is 3. The van der Waals surface area contributed by atoms with Gasteiger partial charge >= 0.3 is 0 Å². The smallest absolute Gasteiger partial charge is 0.257 e. The van der Waals surface area contributed by atoms with Crippen LogP contribution in [0.3, 0.4) is 0 Å². The number of aromatic nitrogens is 1. The Morgan fingerprint density at radius 3 is 2.90 bits per heavy atom. The van der Waals surface area contributed by atoms with Gasteiger partial charge in [-0.15, -0.1) is 11.3 Å². The van der Waals surface area contributed by atoms with E-state index in [0.29, 0.717) is 10.7 Å². The Labute approximate surface area is 141 Å². The molecule has 0 bridgehead atoms. The summed E-state index contributed by atoms with van der Waals surface area (Å²) in [5.41, 5.74) is 1.81. The molecular weight excluding hydrogens is 397 g/mol. The number of benzene rings is 1. The zero-order valence-electron chi connectivity index (χ0n) is 11.7. The summed E-state index contributed by atoms with van der Waals surface area (Å²) in [6, 6.07) is 7.54. The second-order valence-electron chi connectivity index (χ2n) is 4.97. The third-order valence-electron chi connectivity index (χ3n) is 3.58. The van der Waals surface area contributed by atoms with Crippen molar-refractivity contribution >= 4 is 45.0 Å². The van der Waals surface area contributed by atoms with Crippen LogP contribution in [0.4, 0.5) is 5.13 Å². The third-order valence-corrected chi connectivity index (χ3v) is 5.30. The summed E-state index contributed by atoms with van der Waals surface area (Å²) in [5.74, 6) is -0.0927. The van der Waals surface area contributed by atoms with E-state index in [2.05, 4.69) is 44.7 Å². The van der Waals surface area contributed by atoms with E-state index >= 15 is 0 Å². The second kappa shape index (κ2) is 6.41. The molecule has 0 spiro atoms. The summed E-state index contributed by atoms with van der Waals surface area (Å²) >= 11 is 3.82. The van der Waals surface area contributed by atoms with E-state index in [1.165, 1.54) is 4.88 Å². The first-order chi connectivity index (χ1) is 10.2. The maximum absolute atomic E-state index is 12.2. The minimum Gasteiger partial charge on any atom is -0.298 e. The van der Waals surface area contributed by atoms with Crippen molar-refractivity contribution in [2.75, 3.05) is 18.4 Å². The highest BCUT2D eigenvalue weighted by molar-refractivity contribution is 14.1. The highest BCUT2D eigenvalue weighted by atomic mass is 127. The largest absolute Gasteiger partial charge is 0.298 e. The predicted molar refractivity (Wildman–Crippen MR) is 93.9 cm³/mol. The minimum atomic E-state index is -0.0927. The van der Waals surface area contributed by atoms with Crippen LogP contribution in [0.2, 0.25) is 0 Å². The number of thiazole rings is 1. The van der Waals surface area contributed by atoms with Crippen molar-refractivity contribution in [1.29, 1.82) is 0 Å². The SMILES string of the molecule is CCN1CCc2nc(NC(=O)c3ccc(I)cc3)sc2C1. The van der Waals surface area contributed by atoms with Crippen molar-refractivity contribution in [2.45, 2.75) is 19.9 Å². The molecule has 3 rings (SSSR count). The van der Waals surface area contributed by atoms with Crippen LogP contribution in [0.5, 0.6) is 0 Å². The molecular formula is C15H16IN3OS. The fraction of sp³-hybridized carbons (Fsp3) is 0.333. The van der Waals surface area contributed by atoms with Crippen LogP contribution in [0.1, 0.15) is 27.9 Å². The Morgan fingerprint density at radius 1 is 1.43 bits per heavy atom. The molecule has 0 atom stereocenters. The van der Waals surface area contributed by atoms with E-state index in [-0.39, 0.29) is 5.91 Å². The summed E-state index contributed by atoms with van der Waals surface area (Å²) in [4.78, 5) is 20.4.